The average molecular weight is 356 g/mol. The van der Waals surface area contributed by atoms with Crippen LogP contribution < -0.4 is 10.8 Å². The monoisotopic (exact) mass is 356 g/mol. The van der Waals surface area contributed by atoms with E-state index in [0.717, 1.165) is 21.2 Å². The first-order valence-corrected chi connectivity index (χ1v) is 8.39. The summed E-state index contributed by atoms with van der Waals surface area (Å²) in [5.41, 5.74) is 3.44. The number of rotatable bonds is 5. The highest BCUT2D eigenvalue weighted by Gasteiger charge is 2.10. The van der Waals surface area contributed by atoms with Crippen LogP contribution in [0.1, 0.15) is 20.8 Å². The molecule has 2 amide bonds. The molecule has 0 unspecified atom stereocenters. The number of hydroxylamine groups is 1. The first-order chi connectivity index (χ1) is 12.2. The summed E-state index contributed by atoms with van der Waals surface area (Å²) in [4.78, 5) is 23.6. The molecule has 1 aromatic heterocycles. The van der Waals surface area contributed by atoms with Crippen molar-refractivity contribution in [2.75, 3.05) is 0 Å². The van der Waals surface area contributed by atoms with Gasteiger partial charge in [0.25, 0.3) is 5.91 Å². The molecule has 128 valence electrons. The summed E-state index contributed by atoms with van der Waals surface area (Å²) >= 11 is 1.27. The fourth-order valence-electron chi connectivity index (χ4n) is 2.30. The third kappa shape index (κ3) is 4.34. The van der Waals surface area contributed by atoms with Gasteiger partial charge in [0.2, 0.25) is 0 Å². The largest absolute Gasteiger partial charge is 0.445 e. The number of nitrogens with one attached hydrogen (secondary N) is 2. The van der Waals surface area contributed by atoms with Crippen LogP contribution in [-0.4, -0.2) is 17.2 Å². The molecule has 0 bridgehead atoms. The summed E-state index contributed by atoms with van der Waals surface area (Å²) in [7, 11) is 0. The van der Waals surface area contributed by atoms with E-state index in [1.165, 1.54) is 11.3 Å². The molecule has 7 heteroatoms. The number of fused-ring (bicyclic) bond motifs is 1. The molecule has 0 aliphatic heterocycles. The Morgan fingerprint density at radius 1 is 1.04 bits per heavy atom. The van der Waals surface area contributed by atoms with Crippen LogP contribution in [0.2, 0.25) is 0 Å². The fraction of sp³-hybridized carbons (Fsp3) is 0.111. The lowest BCUT2D eigenvalue weighted by Gasteiger charge is -2.07. The first kappa shape index (κ1) is 16.9. The number of amides is 2. The molecular weight excluding hydrogens is 340 g/mol. The summed E-state index contributed by atoms with van der Waals surface area (Å²) < 4.78 is 6.06. The second kappa shape index (κ2) is 7.78. The fourth-order valence-corrected chi connectivity index (χ4v) is 3.32. The summed E-state index contributed by atoms with van der Waals surface area (Å²) in [6.45, 7) is 0.541. The highest BCUT2D eigenvalue weighted by Crippen LogP contribution is 2.26. The third-order valence-corrected chi connectivity index (χ3v) is 4.66. The van der Waals surface area contributed by atoms with E-state index in [-0.39, 0.29) is 6.61 Å². The highest BCUT2D eigenvalue weighted by molar-refractivity contribution is 7.20. The first-order valence-electron chi connectivity index (χ1n) is 7.57. The minimum absolute atomic E-state index is 0.219. The zero-order valence-corrected chi connectivity index (χ0v) is 14.0. The molecule has 0 spiro atoms. The van der Waals surface area contributed by atoms with Crippen molar-refractivity contribution in [1.29, 1.82) is 0 Å². The van der Waals surface area contributed by atoms with E-state index in [1.807, 2.05) is 48.5 Å². The van der Waals surface area contributed by atoms with Crippen LogP contribution in [0.5, 0.6) is 0 Å². The molecule has 0 saturated heterocycles. The standard InChI is InChI=1S/C18H16N2O4S/c21-17(20-23)16-9-14-7-6-13(8-15(14)25-16)10-19-18(22)24-11-12-4-2-1-3-5-12/h1-9,23H,10-11H2,(H,19,22)(H,20,21). The SMILES string of the molecule is O=C(NCc1ccc2cc(C(=O)NO)sc2c1)OCc1ccccc1. The molecule has 3 aromatic rings. The van der Waals surface area contributed by atoms with Gasteiger partial charge in [0, 0.05) is 11.2 Å². The van der Waals surface area contributed by atoms with Crippen LogP contribution in [0.25, 0.3) is 10.1 Å². The van der Waals surface area contributed by atoms with E-state index in [1.54, 1.807) is 11.5 Å². The predicted octanol–water partition coefficient (Wildman–Crippen LogP) is 3.45. The Balaban J connectivity index is 1.57. The maximum Gasteiger partial charge on any atom is 0.407 e. The third-order valence-electron chi connectivity index (χ3n) is 3.56. The molecule has 25 heavy (non-hydrogen) atoms. The van der Waals surface area contributed by atoms with Crippen LogP contribution in [0, 0.1) is 0 Å². The Morgan fingerprint density at radius 2 is 1.84 bits per heavy atom. The Kier molecular flexibility index (Phi) is 5.27. The summed E-state index contributed by atoms with van der Waals surface area (Å²) in [6, 6.07) is 16.8. The number of benzene rings is 2. The highest BCUT2D eigenvalue weighted by atomic mass is 32.1. The molecule has 0 fully saturated rings. The Labute approximate surface area is 148 Å². The molecule has 3 rings (SSSR count). The average Bonchev–Trinajstić information content (AvgIpc) is 3.08. The van der Waals surface area contributed by atoms with Crippen LogP contribution >= 0.6 is 11.3 Å². The molecule has 0 aliphatic rings. The molecule has 3 N–H and O–H groups in total. The number of hydrogen-bond donors (Lipinski definition) is 3. The van der Waals surface area contributed by atoms with Crippen molar-refractivity contribution in [3.8, 4) is 0 Å². The molecule has 6 nitrogen and oxygen atoms in total. The van der Waals surface area contributed by atoms with Crippen molar-refractivity contribution in [2.24, 2.45) is 0 Å². The van der Waals surface area contributed by atoms with Crippen LogP contribution in [0.15, 0.2) is 54.6 Å². The molecular formula is C18H16N2O4S. The van der Waals surface area contributed by atoms with E-state index < -0.39 is 12.0 Å². The second-order valence-electron chi connectivity index (χ2n) is 5.34. The van der Waals surface area contributed by atoms with Gasteiger partial charge in [-0.1, -0.05) is 42.5 Å². The maximum atomic E-state index is 11.8. The van der Waals surface area contributed by atoms with Gasteiger partial charge in [0.05, 0.1) is 4.88 Å². The Hall–Kier alpha value is -2.90. The van der Waals surface area contributed by atoms with E-state index in [2.05, 4.69) is 5.32 Å². The summed E-state index contributed by atoms with van der Waals surface area (Å²) in [5, 5.41) is 12.3. The van der Waals surface area contributed by atoms with Crippen molar-refractivity contribution in [1.82, 2.24) is 10.8 Å². The number of carbonyl (C=O) groups is 2. The van der Waals surface area contributed by atoms with Gasteiger partial charge < -0.3 is 10.1 Å². The van der Waals surface area contributed by atoms with Crippen molar-refractivity contribution in [2.45, 2.75) is 13.2 Å². The van der Waals surface area contributed by atoms with Gasteiger partial charge in [0.1, 0.15) is 6.61 Å². The van der Waals surface area contributed by atoms with Gasteiger partial charge in [0.15, 0.2) is 0 Å². The van der Waals surface area contributed by atoms with Crippen molar-refractivity contribution in [3.05, 3.63) is 70.6 Å². The van der Waals surface area contributed by atoms with Crippen molar-refractivity contribution < 1.29 is 19.5 Å². The lowest BCUT2D eigenvalue weighted by Crippen LogP contribution is -2.23. The van der Waals surface area contributed by atoms with E-state index >= 15 is 0 Å². The molecule has 1 heterocycles. The zero-order valence-electron chi connectivity index (χ0n) is 13.2. The van der Waals surface area contributed by atoms with E-state index in [9.17, 15) is 9.59 Å². The molecule has 0 atom stereocenters. The van der Waals surface area contributed by atoms with Gasteiger partial charge in [-0.25, -0.2) is 10.3 Å². The normalized spacial score (nSPS) is 10.4. The Morgan fingerprint density at radius 3 is 2.60 bits per heavy atom. The lowest BCUT2D eigenvalue weighted by atomic mass is 10.2. The van der Waals surface area contributed by atoms with E-state index in [0.29, 0.717) is 11.4 Å². The van der Waals surface area contributed by atoms with Gasteiger partial charge in [-0.05, 0) is 28.6 Å². The lowest BCUT2D eigenvalue weighted by molar-refractivity contribution is 0.0711. The van der Waals surface area contributed by atoms with Gasteiger partial charge >= 0.3 is 6.09 Å². The quantitative estimate of drug-likeness (QED) is 0.483. The van der Waals surface area contributed by atoms with Gasteiger partial charge in [-0.15, -0.1) is 11.3 Å². The van der Waals surface area contributed by atoms with Crippen molar-refractivity contribution in [3.63, 3.8) is 0 Å². The second-order valence-corrected chi connectivity index (χ2v) is 6.42. The molecule has 2 aromatic carbocycles. The summed E-state index contributed by atoms with van der Waals surface area (Å²) in [5.74, 6) is -0.537. The Bertz CT molecular complexity index is 892. The van der Waals surface area contributed by atoms with Crippen LogP contribution in [0.4, 0.5) is 4.79 Å². The zero-order chi connectivity index (χ0) is 17.6. The number of ether oxygens (including phenoxy) is 1. The van der Waals surface area contributed by atoms with E-state index in [4.69, 9.17) is 9.94 Å². The molecule has 0 aliphatic carbocycles. The maximum absolute atomic E-state index is 11.8. The summed E-state index contributed by atoms with van der Waals surface area (Å²) in [6.07, 6.45) is -0.490. The minimum atomic E-state index is -0.537. The number of hydrogen-bond acceptors (Lipinski definition) is 5. The number of thiophene rings is 1. The van der Waals surface area contributed by atoms with Crippen LogP contribution in [-0.2, 0) is 17.9 Å². The smallest absolute Gasteiger partial charge is 0.407 e. The molecule has 0 saturated carbocycles. The van der Waals surface area contributed by atoms with Gasteiger partial charge in [-0.3, -0.25) is 10.0 Å². The van der Waals surface area contributed by atoms with Gasteiger partial charge in [-0.2, -0.15) is 0 Å². The number of carbonyl (C=O) groups excluding carboxylic acids is 2. The topological polar surface area (TPSA) is 87.7 Å². The molecule has 0 radical (unpaired) electrons. The number of alkyl carbamates (subject to hydrolysis) is 1. The van der Waals surface area contributed by atoms with Crippen molar-refractivity contribution >= 4 is 33.4 Å². The minimum Gasteiger partial charge on any atom is -0.445 e. The predicted molar refractivity (Wildman–Crippen MR) is 94.5 cm³/mol. The van der Waals surface area contributed by atoms with Crippen LogP contribution in [0.3, 0.4) is 0 Å².